The van der Waals surface area contributed by atoms with Crippen LogP contribution >= 0.6 is 0 Å². The standard InChI is InChI=1S/C14H18F3N3O/c15-14(16,17)10-2-1-3-11(19-10)20-9-6-13(12(20)21)4-7-18-8-5-13/h1-3,12,18,21H,4-9H2. The quantitative estimate of drug-likeness (QED) is 0.833. The van der Waals surface area contributed by atoms with Crippen LogP contribution in [0.2, 0.25) is 0 Å². The van der Waals surface area contributed by atoms with Crippen LogP contribution in [-0.4, -0.2) is 36.0 Å². The number of aliphatic hydroxyl groups excluding tert-OH is 1. The van der Waals surface area contributed by atoms with E-state index in [0.29, 0.717) is 6.54 Å². The van der Waals surface area contributed by atoms with E-state index in [2.05, 4.69) is 10.3 Å². The van der Waals surface area contributed by atoms with E-state index in [9.17, 15) is 18.3 Å². The third-order valence-corrected chi connectivity index (χ3v) is 4.61. The van der Waals surface area contributed by atoms with Crippen molar-refractivity contribution in [1.82, 2.24) is 10.3 Å². The zero-order chi connectivity index (χ0) is 15.1. The number of hydrogen-bond donors (Lipinski definition) is 2. The molecular weight excluding hydrogens is 283 g/mol. The van der Waals surface area contributed by atoms with Gasteiger partial charge in [-0.25, -0.2) is 4.98 Å². The highest BCUT2D eigenvalue weighted by molar-refractivity contribution is 5.42. The van der Waals surface area contributed by atoms with E-state index in [0.717, 1.165) is 38.4 Å². The molecule has 2 aliphatic rings. The summed E-state index contributed by atoms with van der Waals surface area (Å²) in [6.45, 7) is 2.21. The zero-order valence-electron chi connectivity index (χ0n) is 11.5. The van der Waals surface area contributed by atoms with Crippen molar-refractivity contribution in [3.05, 3.63) is 23.9 Å². The molecule has 3 rings (SSSR count). The summed E-state index contributed by atoms with van der Waals surface area (Å²) in [4.78, 5) is 5.28. The summed E-state index contributed by atoms with van der Waals surface area (Å²) in [7, 11) is 0. The normalized spacial score (nSPS) is 25.5. The molecule has 1 atom stereocenters. The number of halogens is 3. The van der Waals surface area contributed by atoms with E-state index >= 15 is 0 Å². The van der Waals surface area contributed by atoms with Gasteiger partial charge in [-0.05, 0) is 44.5 Å². The number of aliphatic hydroxyl groups is 1. The first-order chi connectivity index (χ1) is 9.92. The lowest BCUT2D eigenvalue weighted by Gasteiger charge is -2.38. The van der Waals surface area contributed by atoms with Gasteiger partial charge in [-0.3, -0.25) is 0 Å². The average molecular weight is 301 g/mol. The molecule has 2 aliphatic heterocycles. The Labute approximate surface area is 121 Å². The zero-order valence-corrected chi connectivity index (χ0v) is 11.5. The molecule has 3 heterocycles. The number of alkyl halides is 3. The van der Waals surface area contributed by atoms with E-state index < -0.39 is 18.1 Å². The van der Waals surface area contributed by atoms with E-state index in [1.165, 1.54) is 12.1 Å². The Morgan fingerprint density at radius 1 is 1.24 bits per heavy atom. The molecule has 1 spiro atoms. The van der Waals surface area contributed by atoms with Gasteiger partial charge in [-0.1, -0.05) is 6.07 Å². The molecule has 0 aromatic carbocycles. The van der Waals surface area contributed by atoms with Crippen molar-refractivity contribution in [2.75, 3.05) is 24.5 Å². The van der Waals surface area contributed by atoms with Crippen LogP contribution in [0.1, 0.15) is 25.0 Å². The molecule has 21 heavy (non-hydrogen) atoms. The van der Waals surface area contributed by atoms with Crippen LogP contribution in [0.4, 0.5) is 19.0 Å². The predicted molar refractivity (Wildman–Crippen MR) is 71.7 cm³/mol. The molecule has 0 radical (unpaired) electrons. The summed E-state index contributed by atoms with van der Waals surface area (Å²) in [5, 5.41) is 13.8. The number of rotatable bonds is 1. The monoisotopic (exact) mass is 301 g/mol. The number of hydrogen-bond acceptors (Lipinski definition) is 4. The maximum atomic E-state index is 12.7. The number of anilines is 1. The third kappa shape index (κ3) is 2.60. The van der Waals surface area contributed by atoms with Crippen molar-refractivity contribution < 1.29 is 18.3 Å². The van der Waals surface area contributed by atoms with Crippen LogP contribution < -0.4 is 10.2 Å². The van der Waals surface area contributed by atoms with Gasteiger partial charge in [0.1, 0.15) is 17.7 Å². The highest BCUT2D eigenvalue weighted by Gasteiger charge is 2.47. The van der Waals surface area contributed by atoms with Gasteiger partial charge in [-0.15, -0.1) is 0 Å². The predicted octanol–water partition coefficient (Wildman–Crippen LogP) is 2.00. The topological polar surface area (TPSA) is 48.4 Å². The average Bonchev–Trinajstić information content (AvgIpc) is 2.76. The van der Waals surface area contributed by atoms with Crippen molar-refractivity contribution in [3.8, 4) is 0 Å². The SMILES string of the molecule is OC1N(c2cccc(C(F)(F)F)n2)CCC12CCNCC2. The van der Waals surface area contributed by atoms with Crippen molar-refractivity contribution in [3.63, 3.8) is 0 Å². The molecule has 0 saturated carbocycles. The number of pyridine rings is 1. The molecule has 4 nitrogen and oxygen atoms in total. The highest BCUT2D eigenvalue weighted by Crippen LogP contribution is 2.44. The number of nitrogens with one attached hydrogen (secondary N) is 1. The lowest BCUT2D eigenvalue weighted by Crippen LogP contribution is -2.46. The Morgan fingerprint density at radius 3 is 2.62 bits per heavy atom. The van der Waals surface area contributed by atoms with Gasteiger partial charge in [0.05, 0.1) is 0 Å². The summed E-state index contributed by atoms with van der Waals surface area (Å²) in [6, 6.07) is 3.82. The van der Waals surface area contributed by atoms with Gasteiger partial charge in [0.15, 0.2) is 0 Å². The molecule has 1 aromatic rings. The number of aromatic nitrogens is 1. The van der Waals surface area contributed by atoms with Crippen LogP contribution in [0.5, 0.6) is 0 Å². The van der Waals surface area contributed by atoms with Gasteiger partial charge in [-0.2, -0.15) is 13.2 Å². The summed E-state index contributed by atoms with van der Waals surface area (Å²) >= 11 is 0. The second-order valence-corrected chi connectivity index (χ2v) is 5.81. The van der Waals surface area contributed by atoms with Gasteiger partial charge in [0.2, 0.25) is 0 Å². The Balaban J connectivity index is 1.85. The minimum Gasteiger partial charge on any atom is -0.373 e. The molecule has 0 aliphatic carbocycles. The second kappa shape index (κ2) is 5.14. The van der Waals surface area contributed by atoms with Gasteiger partial charge in [0, 0.05) is 12.0 Å². The van der Waals surface area contributed by atoms with E-state index in [1.54, 1.807) is 4.90 Å². The molecule has 1 unspecified atom stereocenters. The van der Waals surface area contributed by atoms with E-state index in [4.69, 9.17) is 0 Å². The molecule has 1 aromatic heterocycles. The lowest BCUT2D eigenvalue weighted by atomic mass is 9.77. The van der Waals surface area contributed by atoms with Crippen LogP contribution in [0.3, 0.4) is 0 Å². The molecule has 2 saturated heterocycles. The van der Waals surface area contributed by atoms with E-state index in [1.807, 2.05) is 0 Å². The number of piperidine rings is 1. The summed E-state index contributed by atoms with van der Waals surface area (Å²) in [5.74, 6) is 0.202. The summed E-state index contributed by atoms with van der Waals surface area (Å²) in [5.41, 5.74) is -1.14. The Kier molecular flexibility index (Phi) is 3.57. The smallest absolute Gasteiger partial charge is 0.373 e. The van der Waals surface area contributed by atoms with Crippen molar-refractivity contribution in [2.45, 2.75) is 31.7 Å². The minimum absolute atomic E-state index is 0.202. The van der Waals surface area contributed by atoms with Crippen LogP contribution in [0.25, 0.3) is 0 Å². The third-order valence-electron chi connectivity index (χ3n) is 4.61. The fourth-order valence-corrected chi connectivity index (χ4v) is 3.34. The lowest BCUT2D eigenvalue weighted by molar-refractivity contribution is -0.141. The Hall–Kier alpha value is -1.34. The summed E-state index contributed by atoms with van der Waals surface area (Å²) < 4.78 is 38.2. The van der Waals surface area contributed by atoms with Crippen LogP contribution in [-0.2, 0) is 6.18 Å². The fourth-order valence-electron chi connectivity index (χ4n) is 3.34. The second-order valence-electron chi connectivity index (χ2n) is 5.81. The Morgan fingerprint density at radius 2 is 1.95 bits per heavy atom. The first kappa shape index (κ1) is 14.6. The molecule has 2 N–H and O–H groups in total. The molecule has 7 heteroatoms. The van der Waals surface area contributed by atoms with Gasteiger partial charge < -0.3 is 15.3 Å². The largest absolute Gasteiger partial charge is 0.433 e. The van der Waals surface area contributed by atoms with Gasteiger partial charge in [0.25, 0.3) is 0 Å². The molecule has 2 fully saturated rings. The first-order valence-corrected chi connectivity index (χ1v) is 7.12. The maximum Gasteiger partial charge on any atom is 0.433 e. The summed E-state index contributed by atoms with van der Waals surface area (Å²) in [6.07, 6.45) is -2.77. The van der Waals surface area contributed by atoms with Crippen molar-refractivity contribution >= 4 is 5.82 Å². The highest BCUT2D eigenvalue weighted by atomic mass is 19.4. The minimum atomic E-state index is -4.47. The molecular formula is C14H18F3N3O. The molecule has 116 valence electrons. The Bertz CT molecular complexity index is 514. The molecule has 0 amide bonds. The maximum absolute atomic E-state index is 12.7. The van der Waals surface area contributed by atoms with Crippen LogP contribution in [0.15, 0.2) is 18.2 Å². The van der Waals surface area contributed by atoms with Crippen LogP contribution in [0, 0.1) is 5.41 Å². The number of nitrogens with zero attached hydrogens (tertiary/aromatic N) is 2. The first-order valence-electron chi connectivity index (χ1n) is 7.12. The van der Waals surface area contributed by atoms with E-state index in [-0.39, 0.29) is 11.2 Å². The van der Waals surface area contributed by atoms with Crippen molar-refractivity contribution in [1.29, 1.82) is 0 Å². The fraction of sp³-hybridized carbons (Fsp3) is 0.643. The molecule has 0 bridgehead atoms. The van der Waals surface area contributed by atoms with Crippen molar-refractivity contribution in [2.24, 2.45) is 5.41 Å². The van der Waals surface area contributed by atoms with Gasteiger partial charge >= 0.3 is 6.18 Å².